The molecule has 0 aromatic heterocycles. The Balaban J connectivity index is 1.70. The lowest BCUT2D eigenvalue weighted by atomic mass is 9.89. The smallest absolute Gasteiger partial charge is 0.327 e. The SMILES string of the molecule is NC1CCC2C1CN(S(=O)(=O)c1cccc(C(F)(F)F)c1)C2Cc1ccc(F)cc1. The van der Waals surface area contributed by atoms with Gasteiger partial charge >= 0.3 is 6.18 Å². The van der Waals surface area contributed by atoms with Crippen molar-refractivity contribution in [2.24, 2.45) is 17.6 Å². The number of benzene rings is 2. The van der Waals surface area contributed by atoms with E-state index in [2.05, 4.69) is 0 Å². The summed E-state index contributed by atoms with van der Waals surface area (Å²) < 4.78 is 80.6. The van der Waals surface area contributed by atoms with Gasteiger partial charge in [-0.1, -0.05) is 18.2 Å². The average Bonchev–Trinajstić information content (AvgIpc) is 3.24. The molecular formula is C21H22F4N2O2S. The zero-order valence-electron chi connectivity index (χ0n) is 16.0. The summed E-state index contributed by atoms with van der Waals surface area (Å²) in [4.78, 5) is -0.380. The molecule has 162 valence electrons. The van der Waals surface area contributed by atoms with Gasteiger partial charge in [0.15, 0.2) is 0 Å². The Kier molecular flexibility index (Phi) is 5.40. The average molecular weight is 442 g/mol. The van der Waals surface area contributed by atoms with Crippen LogP contribution in [0, 0.1) is 17.7 Å². The molecule has 2 fully saturated rings. The van der Waals surface area contributed by atoms with Crippen LogP contribution < -0.4 is 5.73 Å². The molecule has 1 saturated heterocycles. The van der Waals surface area contributed by atoms with E-state index in [1.165, 1.54) is 22.5 Å². The first kappa shape index (κ1) is 21.3. The minimum atomic E-state index is -4.64. The Labute approximate surface area is 172 Å². The van der Waals surface area contributed by atoms with Crippen LogP contribution in [0.1, 0.15) is 24.0 Å². The predicted octanol–water partition coefficient (Wildman–Crippen LogP) is 3.81. The molecule has 1 aliphatic carbocycles. The van der Waals surface area contributed by atoms with Crippen molar-refractivity contribution in [2.75, 3.05) is 6.54 Å². The van der Waals surface area contributed by atoms with E-state index in [9.17, 15) is 26.0 Å². The molecule has 4 atom stereocenters. The van der Waals surface area contributed by atoms with Crippen molar-refractivity contribution in [1.29, 1.82) is 0 Å². The third-order valence-corrected chi connectivity index (χ3v) is 8.20. The van der Waals surface area contributed by atoms with Crippen molar-refractivity contribution in [3.63, 3.8) is 0 Å². The van der Waals surface area contributed by atoms with Gasteiger partial charge in [-0.2, -0.15) is 17.5 Å². The molecular weight excluding hydrogens is 420 g/mol. The molecule has 0 bridgehead atoms. The van der Waals surface area contributed by atoms with Crippen LogP contribution in [0.15, 0.2) is 53.4 Å². The number of nitrogens with two attached hydrogens (primary N) is 1. The molecule has 2 aromatic rings. The molecule has 30 heavy (non-hydrogen) atoms. The Morgan fingerprint density at radius 2 is 1.73 bits per heavy atom. The van der Waals surface area contributed by atoms with Crippen LogP contribution in [0.4, 0.5) is 17.6 Å². The maximum Gasteiger partial charge on any atom is 0.416 e. The normalized spacial score (nSPS) is 27.4. The van der Waals surface area contributed by atoms with Crippen LogP contribution in [0.5, 0.6) is 0 Å². The third kappa shape index (κ3) is 3.86. The molecule has 4 unspecified atom stereocenters. The van der Waals surface area contributed by atoms with Gasteiger partial charge in [-0.15, -0.1) is 0 Å². The standard InChI is InChI=1S/C21H22F4N2O2S/c22-15-6-4-13(5-7-15)10-20-17-8-9-19(26)18(17)12-27(20)30(28,29)16-3-1-2-14(11-16)21(23,24)25/h1-7,11,17-20H,8-10,12,26H2. The van der Waals surface area contributed by atoms with Crippen molar-refractivity contribution >= 4 is 10.0 Å². The maximum absolute atomic E-state index is 13.4. The minimum Gasteiger partial charge on any atom is -0.327 e. The fourth-order valence-electron chi connectivity index (χ4n) is 4.80. The summed E-state index contributed by atoms with van der Waals surface area (Å²) >= 11 is 0. The Bertz CT molecular complexity index is 1020. The van der Waals surface area contributed by atoms with Gasteiger partial charge in [-0.3, -0.25) is 0 Å². The number of sulfonamides is 1. The fraction of sp³-hybridized carbons (Fsp3) is 0.429. The van der Waals surface area contributed by atoms with Crippen molar-refractivity contribution in [3.05, 3.63) is 65.5 Å². The van der Waals surface area contributed by atoms with Gasteiger partial charge in [-0.25, -0.2) is 12.8 Å². The molecule has 1 aliphatic heterocycles. The topological polar surface area (TPSA) is 63.4 Å². The second kappa shape index (κ2) is 7.62. The van der Waals surface area contributed by atoms with E-state index in [0.717, 1.165) is 30.5 Å². The van der Waals surface area contributed by atoms with Gasteiger partial charge in [0.1, 0.15) is 5.82 Å². The lowest BCUT2D eigenvalue weighted by Crippen LogP contribution is -2.40. The van der Waals surface area contributed by atoms with Crippen LogP contribution >= 0.6 is 0 Å². The van der Waals surface area contributed by atoms with Gasteiger partial charge in [0.05, 0.1) is 10.5 Å². The first-order valence-corrected chi connectivity index (χ1v) is 11.2. The summed E-state index contributed by atoms with van der Waals surface area (Å²) in [5, 5.41) is 0. The van der Waals surface area contributed by atoms with Crippen LogP contribution in [-0.4, -0.2) is 31.4 Å². The first-order chi connectivity index (χ1) is 14.1. The highest BCUT2D eigenvalue weighted by Crippen LogP contribution is 2.45. The molecule has 1 saturated carbocycles. The summed E-state index contributed by atoms with van der Waals surface area (Å²) in [5.41, 5.74) is 5.97. The number of hydrogen-bond acceptors (Lipinski definition) is 3. The van der Waals surface area contributed by atoms with E-state index in [1.807, 2.05) is 0 Å². The van der Waals surface area contributed by atoms with Crippen LogP contribution in [0.3, 0.4) is 0 Å². The Morgan fingerprint density at radius 3 is 2.40 bits per heavy atom. The van der Waals surface area contributed by atoms with Crippen molar-refractivity contribution in [3.8, 4) is 0 Å². The molecule has 9 heteroatoms. The molecule has 4 nitrogen and oxygen atoms in total. The highest BCUT2D eigenvalue weighted by atomic mass is 32.2. The Morgan fingerprint density at radius 1 is 1.03 bits per heavy atom. The lowest BCUT2D eigenvalue weighted by Gasteiger charge is -2.28. The van der Waals surface area contributed by atoms with Crippen molar-refractivity contribution < 1.29 is 26.0 Å². The van der Waals surface area contributed by atoms with Crippen molar-refractivity contribution in [1.82, 2.24) is 4.31 Å². The van der Waals surface area contributed by atoms with Gasteiger partial charge in [0.25, 0.3) is 0 Å². The molecule has 4 rings (SSSR count). The molecule has 2 aliphatic rings. The second-order valence-electron chi connectivity index (χ2n) is 8.07. The highest BCUT2D eigenvalue weighted by Gasteiger charge is 2.51. The predicted molar refractivity (Wildman–Crippen MR) is 103 cm³/mol. The summed E-state index contributed by atoms with van der Waals surface area (Å²) in [6.07, 6.45) is -2.74. The van der Waals surface area contributed by atoms with Crippen LogP contribution in [0.25, 0.3) is 0 Å². The van der Waals surface area contributed by atoms with Gasteiger partial charge in [0, 0.05) is 18.6 Å². The third-order valence-electron chi connectivity index (χ3n) is 6.31. The van der Waals surface area contributed by atoms with Crippen LogP contribution in [0.2, 0.25) is 0 Å². The summed E-state index contributed by atoms with van der Waals surface area (Å²) in [6, 6.07) is 9.07. The van der Waals surface area contributed by atoms with E-state index in [4.69, 9.17) is 5.73 Å². The van der Waals surface area contributed by atoms with E-state index in [-0.39, 0.29) is 35.1 Å². The zero-order chi connectivity index (χ0) is 21.7. The highest BCUT2D eigenvalue weighted by molar-refractivity contribution is 7.89. The second-order valence-corrected chi connectivity index (χ2v) is 9.96. The van der Waals surface area contributed by atoms with E-state index < -0.39 is 27.8 Å². The number of rotatable bonds is 4. The number of alkyl halides is 3. The molecule has 1 heterocycles. The first-order valence-electron chi connectivity index (χ1n) is 9.76. The number of hydrogen-bond donors (Lipinski definition) is 1. The lowest BCUT2D eigenvalue weighted by molar-refractivity contribution is -0.137. The zero-order valence-corrected chi connectivity index (χ0v) is 16.8. The molecule has 0 amide bonds. The van der Waals surface area contributed by atoms with E-state index in [0.29, 0.717) is 12.5 Å². The van der Waals surface area contributed by atoms with Crippen molar-refractivity contribution in [2.45, 2.75) is 42.4 Å². The molecule has 2 N–H and O–H groups in total. The van der Waals surface area contributed by atoms with Gasteiger partial charge in [-0.05, 0) is 67.0 Å². The molecule has 0 spiro atoms. The van der Waals surface area contributed by atoms with Gasteiger partial charge in [0.2, 0.25) is 10.0 Å². The molecule has 0 radical (unpaired) electrons. The number of fused-ring (bicyclic) bond motifs is 1. The maximum atomic E-state index is 13.4. The van der Waals surface area contributed by atoms with Gasteiger partial charge < -0.3 is 5.73 Å². The van der Waals surface area contributed by atoms with Crippen LogP contribution in [-0.2, 0) is 22.6 Å². The van der Waals surface area contributed by atoms with E-state index in [1.54, 1.807) is 12.1 Å². The monoisotopic (exact) mass is 442 g/mol. The summed E-state index contributed by atoms with van der Waals surface area (Å²) in [5.74, 6) is -0.416. The fourth-order valence-corrected chi connectivity index (χ4v) is 6.55. The minimum absolute atomic E-state index is 0.0191. The van der Waals surface area contributed by atoms with E-state index >= 15 is 0 Å². The summed E-state index contributed by atoms with van der Waals surface area (Å²) in [7, 11) is -4.16. The Hall–Kier alpha value is -1.97. The number of nitrogens with zero attached hydrogens (tertiary/aromatic N) is 1. The quantitative estimate of drug-likeness (QED) is 0.733. The largest absolute Gasteiger partial charge is 0.416 e. The summed E-state index contributed by atoms with van der Waals surface area (Å²) in [6.45, 7) is 0.177. The molecule has 2 aromatic carbocycles. The number of halogens is 4.